The molecule has 0 atom stereocenters. The van der Waals surface area contributed by atoms with E-state index in [9.17, 15) is 0 Å². The summed E-state index contributed by atoms with van der Waals surface area (Å²) < 4.78 is 0. The predicted octanol–water partition coefficient (Wildman–Crippen LogP) is 2.70. The first-order valence-corrected chi connectivity index (χ1v) is 3.88. The molecule has 0 nitrogen and oxygen atoms in total. The van der Waals surface area contributed by atoms with Gasteiger partial charge in [0.2, 0.25) is 0 Å². The van der Waals surface area contributed by atoms with E-state index in [0.29, 0.717) is 0 Å². The summed E-state index contributed by atoms with van der Waals surface area (Å²) >= 11 is 5.62. The van der Waals surface area contributed by atoms with Crippen LogP contribution in [0.3, 0.4) is 0 Å². The SMILES string of the molecule is C=CSC(=C)CCS. The third-order valence-electron chi connectivity index (χ3n) is 0.641. The first kappa shape index (κ1) is 8.18. The Morgan fingerprint density at radius 2 is 2.38 bits per heavy atom. The third-order valence-corrected chi connectivity index (χ3v) is 1.57. The van der Waals surface area contributed by atoms with Crippen molar-refractivity contribution in [3.63, 3.8) is 0 Å². The summed E-state index contributed by atoms with van der Waals surface area (Å²) in [7, 11) is 0. The van der Waals surface area contributed by atoms with Crippen molar-refractivity contribution in [1.29, 1.82) is 0 Å². The Balaban J connectivity index is 3.18. The van der Waals surface area contributed by atoms with Crippen molar-refractivity contribution in [2.45, 2.75) is 6.42 Å². The van der Waals surface area contributed by atoms with Crippen LogP contribution in [0.15, 0.2) is 23.5 Å². The first-order valence-electron chi connectivity index (χ1n) is 2.37. The maximum Gasteiger partial charge on any atom is -0.00524 e. The van der Waals surface area contributed by atoms with E-state index in [1.165, 1.54) is 0 Å². The van der Waals surface area contributed by atoms with Crippen molar-refractivity contribution in [2.75, 3.05) is 5.75 Å². The molecule has 0 aromatic carbocycles. The van der Waals surface area contributed by atoms with Gasteiger partial charge in [-0.15, -0.1) is 11.8 Å². The second-order valence-electron chi connectivity index (χ2n) is 1.30. The topological polar surface area (TPSA) is 0 Å². The zero-order valence-electron chi connectivity index (χ0n) is 4.76. The zero-order chi connectivity index (χ0) is 6.41. The van der Waals surface area contributed by atoms with Crippen molar-refractivity contribution >= 4 is 24.4 Å². The Morgan fingerprint density at radius 1 is 1.75 bits per heavy atom. The fraction of sp³-hybridized carbons (Fsp3) is 0.333. The monoisotopic (exact) mass is 146 g/mol. The van der Waals surface area contributed by atoms with Crippen LogP contribution in [0.4, 0.5) is 0 Å². The Labute approximate surface area is 60.5 Å². The summed E-state index contributed by atoms with van der Waals surface area (Å²) in [4.78, 5) is 1.13. The summed E-state index contributed by atoms with van der Waals surface area (Å²) in [5.74, 6) is 0.875. The number of thioether (sulfide) groups is 1. The third kappa shape index (κ3) is 4.34. The Kier molecular flexibility index (Phi) is 5.44. The van der Waals surface area contributed by atoms with Crippen LogP contribution in [0.1, 0.15) is 6.42 Å². The molecule has 0 N–H and O–H groups in total. The molecule has 0 spiro atoms. The first-order chi connectivity index (χ1) is 3.81. The maximum atomic E-state index is 4.04. The van der Waals surface area contributed by atoms with Gasteiger partial charge in [0.25, 0.3) is 0 Å². The average molecular weight is 146 g/mol. The molecule has 0 saturated carbocycles. The van der Waals surface area contributed by atoms with E-state index in [4.69, 9.17) is 0 Å². The van der Waals surface area contributed by atoms with Gasteiger partial charge in [-0.3, -0.25) is 0 Å². The van der Waals surface area contributed by atoms with E-state index in [1.807, 2.05) is 0 Å². The molecule has 8 heavy (non-hydrogen) atoms. The van der Waals surface area contributed by atoms with Crippen LogP contribution in [0.5, 0.6) is 0 Å². The number of hydrogen-bond acceptors (Lipinski definition) is 2. The lowest BCUT2D eigenvalue weighted by Crippen LogP contribution is -1.72. The second-order valence-corrected chi connectivity index (χ2v) is 2.89. The van der Waals surface area contributed by atoms with E-state index in [2.05, 4.69) is 25.8 Å². The predicted molar refractivity (Wildman–Crippen MR) is 45.4 cm³/mol. The van der Waals surface area contributed by atoms with E-state index >= 15 is 0 Å². The minimum Gasteiger partial charge on any atom is -0.179 e. The molecule has 0 aliphatic rings. The second kappa shape index (κ2) is 5.32. The molecule has 0 amide bonds. The highest BCUT2D eigenvalue weighted by molar-refractivity contribution is 8.05. The quantitative estimate of drug-likeness (QED) is 0.595. The highest BCUT2D eigenvalue weighted by Gasteiger charge is 1.86. The van der Waals surface area contributed by atoms with E-state index in [0.717, 1.165) is 17.1 Å². The summed E-state index contributed by atoms with van der Waals surface area (Å²) in [5.41, 5.74) is 0. The number of allylic oxidation sites excluding steroid dienone is 1. The normalized spacial score (nSPS) is 8.62. The molecule has 0 saturated heterocycles. The Morgan fingerprint density at radius 3 is 2.75 bits per heavy atom. The number of rotatable bonds is 4. The lowest BCUT2D eigenvalue weighted by molar-refractivity contribution is 1.24. The van der Waals surface area contributed by atoms with Crippen molar-refractivity contribution < 1.29 is 0 Å². The van der Waals surface area contributed by atoms with Gasteiger partial charge in [-0.1, -0.05) is 13.2 Å². The van der Waals surface area contributed by atoms with Crippen LogP contribution >= 0.6 is 24.4 Å². The van der Waals surface area contributed by atoms with Crippen molar-refractivity contribution in [1.82, 2.24) is 0 Å². The molecule has 0 aliphatic carbocycles. The van der Waals surface area contributed by atoms with Crippen molar-refractivity contribution in [3.05, 3.63) is 23.5 Å². The van der Waals surface area contributed by atoms with Crippen LogP contribution in [0.2, 0.25) is 0 Å². The minimum absolute atomic E-state index is 0.875. The summed E-state index contributed by atoms with van der Waals surface area (Å²) in [6.07, 6.45) is 0.972. The van der Waals surface area contributed by atoms with Gasteiger partial charge in [0.1, 0.15) is 0 Å². The molecular weight excluding hydrogens is 136 g/mol. The summed E-state index contributed by atoms with van der Waals surface area (Å²) in [5, 5.41) is 1.78. The lowest BCUT2D eigenvalue weighted by Gasteiger charge is -1.94. The fourth-order valence-electron chi connectivity index (χ4n) is 0.301. The largest absolute Gasteiger partial charge is 0.179 e. The average Bonchev–Trinajstić information content (AvgIpc) is 1.68. The zero-order valence-corrected chi connectivity index (χ0v) is 6.47. The standard InChI is InChI=1S/C6H10S2/c1-3-8-6(2)4-5-7/h3,7H,1-2,4-5H2. The van der Waals surface area contributed by atoms with Crippen LogP contribution in [0, 0.1) is 0 Å². The molecule has 0 radical (unpaired) electrons. The van der Waals surface area contributed by atoms with E-state index < -0.39 is 0 Å². The van der Waals surface area contributed by atoms with Gasteiger partial charge in [0.05, 0.1) is 0 Å². The molecule has 0 aromatic rings. The van der Waals surface area contributed by atoms with Crippen LogP contribution in [-0.4, -0.2) is 5.75 Å². The van der Waals surface area contributed by atoms with Gasteiger partial charge in [-0.05, 0) is 22.5 Å². The summed E-state index contributed by atoms with van der Waals surface area (Å²) in [6, 6.07) is 0. The van der Waals surface area contributed by atoms with Crippen LogP contribution < -0.4 is 0 Å². The molecule has 0 aromatic heterocycles. The molecule has 0 fully saturated rings. The molecule has 46 valence electrons. The van der Waals surface area contributed by atoms with Gasteiger partial charge >= 0.3 is 0 Å². The Hall–Kier alpha value is 0.180. The maximum absolute atomic E-state index is 4.04. The van der Waals surface area contributed by atoms with Crippen molar-refractivity contribution in [3.8, 4) is 0 Å². The molecule has 0 heterocycles. The minimum atomic E-state index is 0.875. The molecule has 0 bridgehead atoms. The van der Waals surface area contributed by atoms with Gasteiger partial charge in [0.15, 0.2) is 0 Å². The van der Waals surface area contributed by atoms with Crippen LogP contribution in [-0.2, 0) is 0 Å². The molecule has 0 rings (SSSR count). The van der Waals surface area contributed by atoms with E-state index in [1.54, 1.807) is 17.2 Å². The van der Waals surface area contributed by atoms with E-state index in [-0.39, 0.29) is 0 Å². The van der Waals surface area contributed by atoms with Gasteiger partial charge in [-0.25, -0.2) is 0 Å². The fourth-order valence-corrected chi connectivity index (χ4v) is 1.18. The number of thiol groups is 1. The molecule has 0 unspecified atom stereocenters. The smallest absolute Gasteiger partial charge is 0.00524 e. The van der Waals surface area contributed by atoms with Crippen molar-refractivity contribution in [2.24, 2.45) is 0 Å². The van der Waals surface area contributed by atoms with Gasteiger partial charge in [-0.2, -0.15) is 12.6 Å². The van der Waals surface area contributed by atoms with Gasteiger partial charge in [0, 0.05) is 0 Å². The number of hydrogen-bond donors (Lipinski definition) is 1. The molecule has 0 aliphatic heterocycles. The summed E-state index contributed by atoms with van der Waals surface area (Å²) in [6.45, 7) is 7.34. The van der Waals surface area contributed by atoms with Crippen LogP contribution in [0.25, 0.3) is 0 Å². The highest BCUT2D eigenvalue weighted by Crippen LogP contribution is 2.17. The molecule has 2 heteroatoms. The lowest BCUT2D eigenvalue weighted by atomic mass is 10.5. The van der Waals surface area contributed by atoms with Gasteiger partial charge < -0.3 is 0 Å². The highest BCUT2D eigenvalue weighted by atomic mass is 32.2. The Bertz CT molecular complexity index is 86.5. The molecular formula is C6H10S2.